The zero-order valence-electron chi connectivity index (χ0n) is 12.7. The number of nitrogens with zero attached hydrogens (tertiary/aromatic N) is 1. The molecule has 0 aromatic rings. The molecule has 0 bridgehead atoms. The van der Waals surface area contributed by atoms with E-state index in [9.17, 15) is 14.7 Å². The molecule has 0 fully saturated rings. The van der Waals surface area contributed by atoms with Gasteiger partial charge in [-0.15, -0.1) is 0 Å². The van der Waals surface area contributed by atoms with E-state index in [1.54, 1.807) is 0 Å². The molecule has 20 heavy (non-hydrogen) atoms. The third kappa shape index (κ3) is 9.52. The predicted octanol–water partition coefficient (Wildman–Crippen LogP) is 0.796. The second-order valence-corrected chi connectivity index (χ2v) is 5.79. The lowest BCUT2D eigenvalue weighted by molar-refractivity contribution is -0.873. The van der Waals surface area contributed by atoms with Gasteiger partial charge in [0, 0.05) is 0 Å². The molecule has 2 unspecified atom stereocenters. The van der Waals surface area contributed by atoms with Crippen molar-refractivity contribution in [2.75, 3.05) is 27.7 Å². The van der Waals surface area contributed by atoms with Crippen molar-refractivity contribution in [3.05, 3.63) is 12.2 Å². The maximum Gasteiger partial charge on any atom is 0.335 e. The van der Waals surface area contributed by atoms with Gasteiger partial charge in [0.25, 0.3) is 0 Å². The lowest BCUT2D eigenvalue weighted by atomic mass is 10.2. The van der Waals surface area contributed by atoms with Crippen molar-refractivity contribution in [1.82, 2.24) is 0 Å². The van der Waals surface area contributed by atoms with Crippen LogP contribution in [0.3, 0.4) is 0 Å². The van der Waals surface area contributed by atoms with E-state index >= 15 is 0 Å². The van der Waals surface area contributed by atoms with Crippen LogP contribution in [0.5, 0.6) is 0 Å². The molecule has 0 saturated carbocycles. The summed E-state index contributed by atoms with van der Waals surface area (Å²) in [5.41, 5.74) is 0. The van der Waals surface area contributed by atoms with E-state index in [1.165, 1.54) is 0 Å². The molecule has 0 aromatic carbocycles. The summed E-state index contributed by atoms with van der Waals surface area (Å²) in [5, 5.41) is 18.5. The monoisotopic (exact) mass is 288 g/mol. The highest BCUT2D eigenvalue weighted by Gasteiger charge is 2.27. The molecule has 0 heterocycles. The molecule has 0 aliphatic carbocycles. The lowest BCUT2D eigenvalue weighted by Crippen LogP contribution is -2.44. The second kappa shape index (κ2) is 8.71. The quantitative estimate of drug-likeness (QED) is 0.372. The summed E-state index contributed by atoms with van der Waals surface area (Å²) in [6.45, 7) is 2.23. The Morgan fingerprint density at radius 1 is 1.30 bits per heavy atom. The number of carboxylic acid groups (broad SMARTS) is 1. The minimum atomic E-state index is -1.21. The number of aliphatic carboxylic acids is 1. The highest BCUT2D eigenvalue weighted by Crippen LogP contribution is 2.09. The Bertz CT molecular complexity index is 346. The fourth-order valence-corrected chi connectivity index (χ4v) is 1.73. The molecule has 0 radical (unpaired) electrons. The second-order valence-electron chi connectivity index (χ2n) is 5.79. The van der Waals surface area contributed by atoms with Crippen molar-refractivity contribution in [2.24, 2.45) is 0 Å². The third-order valence-electron chi connectivity index (χ3n) is 2.55. The van der Waals surface area contributed by atoms with Gasteiger partial charge in [0.2, 0.25) is 0 Å². The van der Waals surface area contributed by atoms with Gasteiger partial charge in [0.05, 0.1) is 27.6 Å². The van der Waals surface area contributed by atoms with Crippen molar-refractivity contribution in [3.8, 4) is 0 Å². The number of allylic oxidation sites excluding steroid dienone is 2. The molecule has 0 spiro atoms. The van der Waals surface area contributed by atoms with E-state index in [0.29, 0.717) is 17.4 Å². The Hall–Kier alpha value is -1.40. The van der Waals surface area contributed by atoms with Gasteiger partial charge in [-0.3, -0.25) is 4.79 Å². The Labute approximate surface area is 120 Å². The molecule has 2 N–H and O–H groups in total. The van der Waals surface area contributed by atoms with Crippen LogP contribution >= 0.6 is 0 Å². The fourth-order valence-electron chi connectivity index (χ4n) is 1.73. The van der Waals surface area contributed by atoms with Gasteiger partial charge >= 0.3 is 11.9 Å². The number of aliphatic hydroxyl groups excluding tert-OH is 1. The Balaban J connectivity index is 4.47. The average molecular weight is 288 g/mol. The molecule has 6 heteroatoms. The SMILES string of the molecule is C/C=C/CCC(O)C(=O)OC(CC(=O)O)C[N+](C)(C)C. The molecule has 0 aromatic heterocycles. The van der Waals surface area contributed by atoms with Crippen LogP contribution in [-0.2, 0) is 14.3 Å². The van der Waals surface area contributed by atoms with Crippen molar-refractivity contribution in [3.63, 3.8) is 0 Å². The maximum absolute atomic E-state index is 11.7. The smallest absolute Gasteiger partial charge is 0.335 e. The van der Waals surface area contributed by atoms with E-state index < -0.39 is 24.1 Å². The molecule has 116 valence electrons. The van der Waals surface area contributed by atoms with Crippen LogP contribution in [0, 0.1) is 0 Å². The zero-order valence-corrected chi connectivity index (χ0v) is 12.7. The van der Waals surface area contributed by atoms with Crippen molar-refractivity contribution < 1.29 is 29.0 Å². The molecule has 2 atom stereocenters. The predicted molar refractivity (Wildman–Crippen MR) is 75.1 cm³/mol. The van der Waals surface area contributed by atoms with Crippen LogP contribution < -0.4 is 0 Å². The number of carboxylic acids is 1. The molecular weight excluding hydrogens is 262 g/mol. The normalized spacial score (nSPS) is 15.1. The standard InChI is InChI=1S/C14H25NO5/c1-5-6-7-8-12(16)14(19)20-11(9-13(17)18)10-15(2,3)4/h5-6,11-12,16H,7-10H2,1-4H3/p+1/b6-5+. The van der Waals surface area contributed by atoms with Gasteiger partial charge in [-0.1, -0.05) is 12.2 Å². The van der Waals surface area contributed by atoms with Crippen LogP contribution in [0.15, 0.2) is 12.2 Å². The Morgan fingerprint density at radius 2 is 1.90 bits per heavy atom. The number of quaternary nitrogens is 1. The minimum Gasteiger partial charge on any atom is -0.481 e. The molecule has 6 nitrogen and oxygen atoms in total. The van der Waals surface area contributed by atoms with E-state index in [1.807, 2.05) is 40.2 Å². The van der Waals surface area contributed by atoms with Crippen LogP contribution in [0.25, 0.3) is 0 Å². The van der Waals surface area contributed by atoms with Crippen molar-refractivity contribution >= 4 is 11.9 Å². The number of hydrogen-bond acceptors (Lipinski definition) is 4. The largest absolute Gasteiger partial charge is 0.481 e. The molecule has 0 rings (SSSR count). The van der Waals surface area contributed by atoms with Gasteiger partial charge in [-0.2, -0.15) is 0 Å². The summed E-state index contributed by atoms with van der Waals surface area (Å²) in [4.78, 5) is 22.5. The molecule has 0 aliphatic heterocycles. The van der Waals surface area contributed by atoms with Crippen molar-refractivity contribution in [1.29, 1.82) is 0 Å². The molecule has 0 saturated heterocycles. The summed E-state index contributed by atoms with van der Waals surface area (Å²) < 4.78 is 5.59. The number of rotatable bonds is 9. The van der Waals surface area contributed by atoms with Crippen LogP contribution in [0.2, 0.25) is 0 Å². The number of aliphatic hydroxyl groups is 1. The number of esters is 1. The van der Waals surface area contributed by atoms with Gasteiger partial charge in [0.15, 0.2) is 12.2 Å². The van der Waals surface area contributed by atoms with Gasteiger partial charge in [0.1, 0.15) is 6.54 Å². The first kappa shape index (κ1) is 18.6. The van der Waals surface area contributed by atoms with E-state index in [2.05, 4.69) is 0 Å². The summed E-state index contributed by atoms with van der Waals surface area (Å²) >= 11 is 0. The first-order valence-electron chi connectivity index (χ1n) is 6.67. The Kier molecular flexibility index (Phi) is 8.10. The van der Waals surface area contributed by atoms with Crippen LogP contribution in [0.1, 0.15) is 26.2 Å². The maximum atomic E-state index is 11.7. The Morgan fingerprint density at radius 3 is 2.35 bits per heavy atom. The van der Waals surface area contributed by atoms with Gasteiger partial charge < -0.3 is 19.4 Å². The first-order valence-corrected chi connectivity index (χ1v) is 6.67. The number of ether oxygens (including phenoxy) is 1. The number of hydrogen-bond donors (Lipinski definition) is 2. The summed E-state index contributed by atoms with van der Waals surface area (Å²) in [6.07, 6.45) is 2.31. The van der Waals surface area contributed by atoms with E-state index in [-0.39, 0.29) is 12.8 Å². The summed E-state index contributed by atoms with van der Waals surface area (Å²) in [5.74, 6) is -1.78. The molecule has 0 amide bonds. The summed E-state index contributed by atoms with van der Waals surface area (Å²) in [7, 11) is 5.64. The number of carbonyl (C=O) groups is 2. The number of carbonyl (C=O) groups excluding carboxylic acids is 1. The summed E-state index contributed by atoms with van der Waals surface area (Å²) in [6, 6.07) is 0. The lowest BCUT2D eigenvalue weighted by Gasteiger charge is -2.28. The van der Waals surface area contributed by atoms with E-state index in [4.69, 9.17) is 9.84 Å². The van der Waals surface area contributed by atoms with Crippen LogP contribution in [0.4, 0.5) is 0 Å². The van der Waals surface area contributed by atoms with Gasteiger partial charge in [-0.05, 0) is 19.8 Å². The highest BCUT2D eigenvalue weighted by molar-refractivity contribution is 5.75. The third-order valence-corrected chi connectivity index (χ3v) is 2.55. The zero-order chi connectivity index (χ0) is 15.8. The highest BCUT2D eigenvalue weighted by atomic mass is 16.6. The first-order chi connectivity index (χ1) is 9.15. The fraction of sp³-hybridized carbons (Fsp3) is 0.714. The molecule has 0 aliphatic rings. The van der Waals surface area contributed by atoms with E-state index in [0.717, 1.165) is 0 Å². The molecular formula is C14H26NO5+. The topological polar surface area (TPSA) is 83.8 Å². The number of likely N-dealkylation sites (N-methyl/N-ethyl adjacent to an activating group) is 1. The van der Waals surface area contributed by atoms with Crippen molar-refractivity contribution in [2.45, 2.75) is 38.4 Å². The van der Waals surface area contributed by atoms with Gasteiger partial charge in [-0.25, -0.2) is 4.79 Å². The average Bonchev–Trinajstić information content (AvgIpc) is 2.25. The van der Waals surface area contributed by atoms with Crippen LogP contribution in [-0.4, -0.2) is 66.5 Å². The minimum absolute atomic E-state index is 0.261.